The third-order valence-corrected chi connectivity index (χ3v) is 6.83. The summed E-state index contributed by atoms with van der Waals surface area (Å²) in [7, 11) is -1.14. The molecule has 4 fully saturated rings. The molecule has 0 aromatic heterocycles. The average Bonchev–Trinajstić information content (AvgIpc) is 2.45. The van der Waals surface area contributed by atoms with Crippen LogP contribution in [0.3, 0.4) is 0 Å². The molecule has 0 radical (unpaired) electrons. The molecule has 3 nitrogen and oxygen atoms in total. The van der Waals surface area contributed by atoms with Crippen molar-refractivity contribution in [2.75, 3.05) is 6.26 Å². The number of nitrogens with one attached hydrogen (secondary N) is 1. The number of hydrogen-bond acceptors (Lipinski definition) is 2. The minimum Gasteiger partial charge on any atom is -0.347 e. The highest BCUT2D eigenvalue weighted by atomic mass is 32.2. The molecule has 4 aliphatic carbocycles. The van der Waals surface area contributed by atoms with E-state index in [0.29, 0.717) is 10.5 Å². The molecule has 1 amide bonds. The number of carbonyl (C=O) groups is 1. The Kier molecular flexibility index (Phi) is 3.40. The van der Waals surface area contributed by atoms with Crippen molar-refractivity contribution in [3.63, 3.8) is 0 Å². The summed E-state index contributed by atoms with van der Waals surface area (Å²) in [4.78, 5) is 13.5. The minimum absolute atomic E-state index is 0.00811. The van der Waals surface area contributed by atoms with Crippen LogP contribution in [0.25, 0.3) is 0 Å². The van der Waals surface area contributed by atoms with E-state index < -0.39 is 10.8 Å². The molecule has 0 heterocycles. The highest BCUT2D eigenvalue weighted by molar-refractivity contribution is 7.84. The predicted octanol–water partition coefficient (Wildman–Crippen LogP) is 3.12. The molecule has 4 bridgehead atoms. The standard InChI is InChI=1S/C18H23NO2S/c1-22(21)16-5-3-2-4-15(16)17(20)19-18-9-12-6-13(10-18)8-14(7-12)11-18/h2-5,12-14H,6-11H2,1H3,(H,19,20)/t12?,13?,14?,18?,22-/m1/s1. The monoisotopic (exact) mass is 317 g/mol. The van der Waals surface area contributed by atoms with Gasteiger partial charge in [-0.05, 0) is 68.4 Å². The van der Waals surface area contributed by atoms with Gasteiger partial charge in [-0.15, -0.1) is 0 Å². The Morgan fingerprint density at radius 3 is 2.18 bits per heavy atom. The van der Waals surface area contributed by atoms with Crippen LogP contribution in [0.15, 0.2) is 29.2 Å². The zero-order valence-corrected chi connectivity index (χ0v) is 13.8. The van der Waals surface area contributed by atoms with Crippen LogP contribution in [0.5, 0.6) is 0 Å². The molecule has 5 rings (SSSR count). The summed E-state index contributed by atoms with van der Waals surface area (Å²) in [6, 6.07) is 7.29. The molecule has 4 saturated carbocycles. The van der Waals surface area contributed by atoms with Crippen LogP contribution in [0.4, 0.5) is 0 Å². The van der Waals surface area contributed by atoms with Gasteiger partial charge in [-0.2, -0.15) is 0 Å². The lowest BCUT2D eigenvalue weighted by Gasteiger charge is -2.56. The number of amides is 1. The average molecular weight is 317 g/mol. The minimum atomic E-state index is -1.14. The van der Waals surface area contributed by atoms with Crippen molar-refractivity contribution in [2.24, 2.45) is 17.8 Å². The van der Waals surface area contributed by atoms with Gasteiger partial charge in [0.05, 0.1) is 21.3 Å². The van der Waals surface area contributed by atoms with Gasteiger partial charge in [-0.25, -0.2) is 0 Å². The maximum absolute atomic E-state index is 12.8. The van der Waals surface area contributed by atoms with E-state index in [1.807, 2.05) is 12.1 Å². The summed E-state index contributed by atoms with van der Waals surface area (Å²) in [5.41, 5.74) is 0.591. The number of benzene rings is 1. The zero-order valence-electron chi connectivity index (χ0n) is 13.0. The largest absolute Gasteiger partial charge is 0.347 e. The summed E-state index contributed by atoms with van der Waals surface area (Å²) in [5.74, 6) is 2.39. The second-order valence-corrected chi connectivity index (χ2v) is 8.95. The molecule has 4 heteroatoms. The topological polar surface area (TPSA) is 46.2 Å². The van der Waals surface area contributed by atoms with Gasteiger partial charge < -0.3 is 5.32 Å². The molecular formula is C18H23NO2S. The lowest BCUT2D eigenvalue weighted by atomic mass is 9.53. The Bertz CT molecular complexity index is 604. The van der Waals surface area contributed by atoms with Gasteiger partial charge in [0.1, 0.15) is 0 Å². The molecule has 0 saturated heterocycles. The van der Waals surface area contributed by atoms with Crippen molar-refractivity contribution in [2.45, 2.75) is 49.0 Å². The van der Waals surface area contributed by atoms with Crippen molar-refractivity contribution in [3.8, 4) is 0 Å². The van der Waals surface area contributed by atoms with Gasteiger partial charge in [0.25, 0.3) is 5.91 Å². The second kappa shape index (κ2) is 5.19. The molecule has 118 valence electrons. The van der Waals surface area contributed by atoms with Crippen molar-refractivity contribution in [1.82, 2.24) is 5.32 Å². The molecule has 0 aliphatic heterocycles. The fraction of sp³-hybridized carbons (Fsp3) is 0.611. The Morgan fingerprint density at radius 1 is 1.09 bits per heavy atom. The van der Waals surface area contributed by atoms with Crippen LogP contribution in [0.1, 0.15) is 48.9 Å². The van der Waals surface area contributed by atoms with Crippen LogP contribution in [0.2, 0.25) is 0 Å². The van der Waals surface area contributed by atoms with Crippen molar-refractivity contribution in [3.05, 3.63) is 29.8 Å². The molecule has 1 aromatic rings. The molecule has 4 aliphatic rings. The Morgan fingerprint density at radius 2 is 1.64 bits per heavy atom. The maximum atomic E-state index is 12.8. The molecule has 1 aromatic carbocycles. The smallest absolute Gasteiger partial charge is 0.252 e. The first kappa shape index (κ1) is 14.4. The Labute approximate surface area is 134 Å². The molecule has 22 heavy (non-hydrogen) atoms. The summed E-state index contributed by atoms with van der Waals surface area (Å²) >= 11 is 0. The molecule has 0 unspecified atom stereocenters. The SMILES string of the molecule is C[S@@](=O)c1ccccc1C(=O)NC12CC3CC(CC(C3)C1)C2. The molecule has 0 spiro atoms. The first-order chi connectivity index (χ1) is 10.5. The molecular weight excluding hydrogens is 294 g/mol. The Balaban J connectivity index is 1.59. The van der Waals surface area contributed by atoms with Gasteiger partial charge in [0, 0.05) is 11.8 Å². The third-order valence-electron chi connectivity index (χ3n) is 5.86. The van der Waals surface area contributed by atoms with E-state index in [-0.39, 0.29) is 11.4 Å². The molecule has 1 atom stereocenters. The Hall–Kier alpha value is -1.16. The quantitative estimate of drug-likeness (QED) is 0.931. The van der Waals surface area contributed by atoms with E-state index in [4.69, 9.17) is 0 Å². The van der Waals surface area contributed by atoms with Crippen molar-refractivity contribution < 1.29 is 9.00 Å². The van der Waals surface area contributed by atoms with E-state index in [9.17, 15) is 9.00 Å². The van der Waals surface area contributed by atoms with Crippen molar-refractivity contribution in [1.29, 1.82) is 0 Å². The lowest BCUT2D eigenvalue weighted by molar-refractivity contribution is -0.0167. The first-order valence-corrected chi connectivity index (χ1v) is 9.85. The van der Waals surface area contributed by atoms with Crippen LogP contribution >= 0.6 is 0 Å². The van der Waals surface area contributed by atoms with E-state index >= 15 is 0 Å². The van der Waals surface area contributed by atoms with Crippen molar-refractivity contribution >= 4 is 16.7 Å². The lowest BCUT2D eigenvalue weighted by Crippen LogP contribution is -2.59. The fourth-order valence-corrected chi connectivity index (χ4v) is 6.22. The maximum Gasteiger partial charge on any atom is 0.252 e. The first-order valence-electron chi connectivity index (χ1n) is 8.30. The summed E-state index contributed by atoms with van der Waals surface area (Å²) in [6.07, 6.45) is 9.16. The number of hydrogen-bond donors (Lipinski definition) is 1. The van der Waals surface area contributed by atoms with Gasteiger partial charge in [-0.3, -0.25) is 9.00 Å². The van der Waals surface area contributed by atoms with Crippen LogP contribution in [-0.2, 0) is 10.8 Å². The van der Waals surface area contributed by atoms with E-state index in [1.54, 1.807) is 18.4 Å². The third kappa shape index (κ3) is 2.41. The number of rotatable bonds is 3. The number of carbonyl (C=O) groups excluding carboxylic acids is 1. The van der Waals surface area contributed by atoms with Crippen LogP contribution in [-0.4, -0.2) is 21.9 Å². The summed E-state index contributed by atoms with van der Waals surface area (Å²) < 4.78 is 11.9. The van der Waals surface area contributed by atoms with E-state index in [2.05, 4.69) is 5.32 Å². The molecule has 1 N–H and O–H groups in total. The van der Waals surface area contributed by atoms with Gasteiger partial charge in [0.15, 0.2) is 0 Å². The summed E-state index contributed by atoms with van der Waals surface area (Å²) in [6.45, 7) is 0. The van der Waals surface area contributed by atoms with Crippen LogP contribution in [0, 0.1) is 17.8 Å². The van der Waals surface area contributed by atoms with E-state index in [0.717, 1.165) is 37.0 Å². The van der Waals surface area contributed by atoms with Gasteiger partial charge >= 0.3 is 0 Å². The predicted molar refractivity (Wildman–Crippen MR) is 87.1 cm³/mol. The highest BCUT2D eigenvalue weighted by Crippen LogP contribution is 2.55. The highest BCUT2D eigenvalue weighted by Gasteiger charge is 2.51. The van der Waals surface area contributed by atoms with Crippen LogP contribution < -0.4 is 5.32 Å². The van der Waals surface area contributed by atoms with Gasteiger partial charge in [0.2, 0.25) is 0 Å². The zero-order chi connectivity index (χ0) is 15.3. The van der Waals surface area contributed by atoms with Gasteiger partial charge in [-0.1, -0.05) is 12.1 Å². The second-order valence-electron chi connectivity index (χ2n) is 7.60. The van der Waals surface area contributed by atoms with E-state index in [1.165, 1.54) is 19.3 Å². The summed E-state index contributed by atoms with van der Waals surface area (Å²) in [5, 5.41) is 3.36. The normalized spacial score (nSPS) is 37.0. The fourth-order valence-electron chi connectivity index (χ4n) is 5.48.